The quantitative estimate of drug-likeness (QED) is 0.757. The molecular formula is C10H12ClNO. The smallest absolute Gasteiger partial charge is 0.122 e. The molecule has 2 N–H and O–H groups in total. The first-order valence-corrected chi connectivity index (χ1v) is 4.81. The van der Waals surface area contributed by atoms with Crippen molar-refractivity contribution in [3.05, 3.63) is 23.2 Å². The van der Waals surface area contributed by atoms with Crippen molar-refractivity contribution in [2.45, 2.75) is 12.8 Å². The first-order valence-electron chi connectivity index (χ1n) is 4.43. The summed E-state index contributed by atoms with van der Waals surface area (Å²) in [6.07, 6.45) is 2.58. The van der Waals surface area contributed by atoms with Crippen LogP contribution in [0, 0.1) is 5.92 Å². The van der Waals surface area contributed by atoms with Gasteiger partial charge in [0.25, 0.3) is 0 Å². The molecule has 0 aliphatic heterocycles. The third-order valence-corrected chi connectivity index (χ3v) is 2.29. The van der Waals surface area contributed by atoms with Gasteiger partial charge in [-0.3, -0.25) is 0 Å². The average molecular weight is 198 g/mol. The van der Waals surface area contributed by atoms with Crippen molar-refractivity contribution in [2.24, 2.45) is 5.92 Å². The van der Waals surface area contributed by atoms with Crippen LogP contribution in [0.3, 0.4) is 0 Å². The summed E-state index contributed by atoms with van der Waals surface area (Å²) >= 11 is 5.82. The molecule has 0 aromatic heterocycles. The Labute approximate surface area is 82.6 Å². The fourth-order valence-electron chi connectivity index (χ4n) is 1.17. The van der Waals surface area contributed by atoms with Gasteiger partial charge >= 0.3 is 0 Å². The van der Waals surface area contributed by atoms with E-state index < -0.39 is 0 Å². The highest BCUT2D eigenvalue weighted by molar-refractivity contribution is 6.31. The van der Waals surface area contributed by atoms with Gasteiger partial charge in [-0.25, -0.2) is 0 Å². The maximum absolute atomic E-state index is 5.82. The number of benzene rings is 1. The van der Waals surface area contributed by atoms with Crippen LogP contribution in [-0.2, 0) is 0 Å². The summed E-state index contributed by atoms with van der Waals surface area (Å²) in [4.78, 5) is 0. The van der Waals surface area contributed by atoms with Gasteiger partial charge < -0.3 is 10.5 Å². The fraction of sp³-hybridized carbons (Fsp3) is 0.400. The van der Waals surface area contributed by atoms with Crippen molar-refractivity contribution in [3.8, 4) is 5.75 Å². The van der Waals surface area contributed by atoms with E-state index in [0.717, 1.165) is 18.3 Å². The molecule has 0 heterocycles. The van der Waals surface area contributed by atoms with Crippen LogP contribution in [0.15, 0.2) is 18.2 Å². The van der Waals surface area contributed by atoms with Gasteiger partial charge in [0.2, 0.25) is 0 Å². The zero-order chi connectivity index (χ0) is 9.26. The molecule has 13 heavy (non-hydrogen) atoms. The van der Waals surface area contributed by atoms with Crippen LogP contribution in [0.1, 0.15) is 12.8 Å². The first kappa shape index (κ1) is 8.70. The molecule has 0 saturated heterocycles. The fourth-order valence-corrected chi connectivity index (χ4v) is 1.40. The lowest BCUT2D eigenvalue weighted by molar-refractivity contribution is 0.300. The Hall–Kier alpha value is -0.890. The van der Waals surface area contributed by atoms with Crippen LogP contribution in [0.2, 0.25) is 5.02 Å². The maximum atomic E-state index is 5.82. The van der Waals surface area contributed by atoms with Gasteiger partial charge in [0.05, 0.1) is 6.61 Å². The second kappa shape index (κ2) is 3.46. The van der Waals surface area contributed by atoms with E-state index in [1.54, 1.807) is 18.2 Å². The van der Waals surface area contributed by atoms with Gasteiger partial charge in [0, 0.05) is 16.8 Å². The standard InChI is InChI=1S/C10H12ClNO/c11-8-3-9(12)5-10(4-8)13-6-7-1-2-7/h3-5,7H,1-2,6,12H2. The van der Waals surface area contributed by atoms with E-state index in [2.05, 4.69) is 0 Å². The molecule has 0 radical (unpaired) electrons. The van der Waals surface area contributed by atoms with Crippen LogP contribution in [0.25, 0.3) is 0 Å². The van der Waals surface area contributed by atoms with Crippen LogP contribution < -0.4 is 10.5 Å². The molecule has 1 aliphatic carbocycles. The third-order valence-electron chi connectivity index (χ3n) is 2.08. The molecule has 1 aliphatic rings. The van der Waals surface area contributed by atoms with Crippen LogP contribution in [-0.4, -0.2) is 6.61 Å². The molecule has 1 aromatic carbocycles. The second-order valence-electron chi connectivity index (χ2n) is 3.47. The Bertz CT molecular complexity index is 290. The van der Waals surface area contributed by atoms with Crippen molar-refractivity contribution in [3.63, 3.8) is 0 Å². The molecule has 2 nitrogen and oxygen atoms in total. The van der Waals surface area contributed by atoms with Crippen LogP contribution >= 0.6 is 11.6 Å². The lowest BCUT2D eigenvalue weighted by atomic mass is 10.3. The summed E-state index contributed by atoms with van der Waals surface area (Å²) in [6, 6.07) is 5.31. The van der Waals surface area contributed by atoms with Crippen molar-refractivity contribution in [1.82, 2.24) is 0 Å². The Morgan fingerprint density at radius 1 is 1.38 bits per heavy atom. The van der Waals surface area contributed by atoms with Gasteiger partial charge in [0.1, 0.15) is 5.75 Å². The van der Waals surface area contributed by atoms with Gasteiger partial charge in [-0.1, -0.05) is 11.6 Å². The molecule has 0 amide bonds. The number of hydrogen-bond donors (Lipinski definition) is 1. The number of rotatable bonds is 3. The molecule has 2 rings (SSSR count). The summed E-state index contributed by atoms with van der Waals surface area (Å²) in [7, 11) is 0. The van der Waals surface area contributed by atoms with Crippen LogP contribution in [0.4, 0.5) is 5.69 Å². The summed E-state index contributed by atoms with van der Waals surface area (Å²) in [5.74, 6) is 1.53. The topological polar surface area (TPSA) is 35.2 Å². The second-order valence-corrected chi connectivity index (χ2v) is 3.91. The normalized spacial score (nSPS) is 15.8. The lowest BCUT2D eigenvalue weighted by Crippen LogP contribution is -1.99. The highest BCUT2D eigenvalue weighted by atomic mass is 35.5. The van der Waals surface area contributed by atoms with Crippen molar-refractivity contribution >= 4 is 17.3 Å². The van der Waals surface area contributed by atoms with Crippen molar-refractivity contribution < 1.29 is 4.74 Å². The Balaban J connectivity index is 2.01. The minimum atomic E-state index is 0.630. The van der Waals surface area contributed by atoms with E-state index in [1.165, 1.54) is 12.8 Å². The van der Waals surface area contributed by atoms with E-state index >= 15 is 0 Å². The molecule has 0 bridgehead atoms. The first-order chi connectivity index (χ1) is 6.24. The maximum Gasteiger partial charge on any atom is 0.122 e. The number of nitrogen functional groups attached to an aromatic ring is 1. The third kappa shape index (κ3) is 2.52. The van der Waals surface area contributed by atoms with Crippen molar-refractivity contribution in [1.29, 1.82) is 0 Å². The SMILES string of the molecule is Nc1cc(Cl)cc(OCC2CC2)c1. The Morgan fingerprint density at radius 2 is 2.15 bits per heavy atom. The largest absolute Gasteiger partial charge is 0.493 e. The zero-order valence-corrected chi connectivity index (χ0v) is 8.05. The summed E-state index contributed by atoms with van der Waals surface area (Å²) in [5.41, 5.74) is 6.27. The lowest BCUT2D eigenvalue weighted by Gasteiger charge is -2.06. The summed E-state index contributed by atoms with van der Waals surface area (Å²) in [6.45, 7) is 0.791. The molecule has 0 spiro atoms. The Kier molecular flexibility index (Phi) is 2.32. The monoisotopic (exact) mass is 197 g/mol. The van der Waals surface area contributed by atoms with Crippen molar-refractivity contribution in [2.75, 3.05) is 12.3 Å². The van der Waals surface area contributed by atoms with E-state index in [9.17, 15) is 0 Å². The van der Waals surface area contributed by atoms with E-state index in [0.29, 0.717) is 10.7 Å². The minimum absolute atomic E-state index is 0.630. The number of anilines is 1. The molecule has 3 heteroatoms. The summed E-state index contributed by atoms with van der Waals surface area (Å²) < 4.78 is 5.53. The number of nitrogens with two attached hydrogens (primary N) is 1. The Morgan fingerprint density at radius 3 is 2.77 bits per heavy atom. The average Bonchev–Trinajstić information content (AvgIpc) is 2.81. The summed E-state index contributed by atoms with van der Waals surface area (Å²) in [5, 5.41) is 0.630. The predicted octanol–water partition coefficient (Wildman–Crippen LogP) is 2.71. The van der Waals surface area contributed by atoms with E-state index in [1.807, 2.05) is 0 Å². The number of hydrogen-bond acceptors (Lipinski definition) is 2. The van der Waals surface area contributed by atoms with E-state index in [-0.39, 0.29) is 0 Å². The molecule has 1 fully saturated rings. The number of ether oxygens (including phenoxy) is 1. The van der Waals surface area contributed by atoms with E-state index in [4.69, 9.17) is 22.1 Å². The molecule has 1 saturated carbocycles. The van der Waals surface area contributed by atoms with Gasteiger partial charge in [0.15, 0.2) is 0 Å². The van der Waals surface area contributed by atoms with Gasteiger partial charge in [-0.2, -0.15) is 0 Å². The van der Waals surface area contributed by atoms with Gasteiger partial charge in [-0.15, -0.1) is 0 Å². The molecule has 1 aromatic rings. The highest BCUT2D eigenvalue weighted by Crippen LogP contribution is 2.30. The highest BCUT2D eigenvalue weighted by Gasteiger charge is 2.21. The predicted molar refractivity (Wildman–Crippen MR) is 54.1 cm³/mol. The number of halogens is 1. The molecule has 70 valence electrons. The zero-order valence-electron chi connectivity index (χ0n) is 7.29. The van der Waals surface area contributed by atoms with Gasteiger partial charge in [-0.05, 0) is 30.9 Å². The van der Waals surface area contributed by atoms with Crippen LogP contribution in [0.5, 0.6) is 5.75 Å². The molecular weight excluding hydrogens is 186 g/mol. The molecule has 0 atom stereocenters. The molecule has 0 unspecified atom stereocenters. The minimum Gasteiger partial charge on any atom is -0.493 e.